The van der Waals surface area contributed by atoms with Gasteiger partial charge in [-0.1, -0.05) is 42.3 Å². The molecule has 3 nitrogen and oxygen atoms in total. The van der Waals surface area contributed by atoms with E-state index in [0.29, 0.717) is 16.0 Å². The molecule has 0 saturated carbocycles. The molecule has 1 heterocycles. The molecule has 0 aliphatic carbocycles. The highest BCUT2D eigenvalue weighted by Crippen LogP contribution is 2.32. The summed E-state index contributed by atoms with van der Waals surface area (Å²) in [6.45, 7) is 4.87. The lowest BCUT2D eigenvalue weighted by atomic mass is 10.1. The van der Waals surface area contributed by atoms with Crippen LogP contribution in [0.3, 0.4) is 0 Å². The van der Waals surface area contributed by atoms with E-state index in [1.807, 2.05) is 25.1 Å². The highest BCUT2D eigenvalue weighted by Gasteiger charge is 2.10. The van der Waals surface area contributed by atoms with Crippen molar-refractivity contribution in [2.45, 2.75) is 20.3 Å². The third-order valence-electron chi connectivity index (χ3n) is 2.61. The van der Waals surface area contributed by atoms with E-state index >= 15 is 0 Å². The van der Waals surface area contributed by atoms with Crippen molar-refractivity contribution in [1.82, 2.24) is 9.97 Å². The van der Waals surface area contributed by atoms with Gasteiger partial charge in [0.25, 0.3) is 0 Å². The van der Waals surface area contributed by atoms with Crippen LogP contribution in [0.25, 0.3) is 11.3 Å². The Kier molecular flexibility index (Phi) is 4.61. The maximum absolute atomic E-state index is 6.22. The standard InChI is InChI=1S/C14H15Cl2N3/c1-3-7-17-14-18-9(2)8-12(19-14)10-5-4-6-11(15)13(10)16/h4-6,8H,3,7H2,1-2H3,(H,17,18,19). The molecule has 0 atom stereocenters. The van der Waals surface area contributed by atoms with E-state index in [2.05, 4.69) is 22.2 Å². The van der Waals surface area contributed by atoms with Crippen LogP contribution in [0.4, 0.5) is 5.95 Å². The van der Waals surface area contributed by atoms with Gasteiger partial charge < -0.3 is 5.32 Å². The molecule has 0 amide bonds. The van der Waals surface area contributed by atoms with E-state index in [9.17, 15) is 0 Å². The number of benzene rings is 1. The van der Waals surface area contributed by atoms with Gasteiger partial charge in [-0.15, -0.1) is 0 Å². The summed E-state index contributed by atoms with van der Waals surface area (Å²) in [5.41, 5.74) is 2.48. The molecule has 5 heteroatoms. The number of hydrogen-bond donors (Lipinski definition) is 1. The fourth-order valence-electron chi connectivity index (χ4n) is 1.72. The van der Waals surface area contributed by atoms with E-state index in [-0.39, 0.29) is 0 Å². The lowest BCUT2D eigenvalue weighted by Gasteiger charge is -2.09. The van der Waals surface area contributed by atoms with Crippen molar-refractivity contribution in [2.75, 3.05) is 11.9 Å². The smallest absolute Gasteiger partial charge is 0.223 e. The Labute approximate surface area is 123 Å². The van der Waals surface area contributed by atoms with Gasteiger partial charge in [-0.05, 0) is 25.5 Å². The third kappa shape index (κ3) is 3.37. The van der Waals surface area contributed by atoms with E-state index < -0.39 is 0 Å². The number of halogens is 2. The van der Waals surface area contributed by atoms with Crippen molar-refractivity contribution in [3.8, 4) is 11.3 Å². The van der Waals surface area contributed by atoms with Gasteiger partial charge in [0.2, 0.25) is 5.95 Å². The number of rotatable bonds is 4. The summed E-state index contributed by atoms with van der Waals surface area (Å²) in [6, 6.07) is 7.42. The van der Waals surface area contributed by atoms with Gasteiger partial charge in [-0.3, -0.25) is 0 Å². The number of nitrogens with one attached hydrogen (secondary N) is 1. The zero-order valence-corrected chi connectivity index (χ0v) is 12.4. The Bertz CT molecular complexity index is 585. The van der Waals surface area contributed by atoms with Gasteiger partial charge in [0.1, 0.15) is 0 Å². The van der Waals surface area contributed by atoms with Crippen molar-refractivity contribution < 1.29 is 0 Å². The molecule has 0 unspecified atom stereocenters. The largest absolute Gasteiger partial charge is 0.354 e. The zero-order valence-electron chi connectivity index (χ0n) is 10.9. The van der Waals surface area contributed by atoms with Crippen LogP contribution in [0, 0.1) is 6.92 Å². The summed E-state index contributed by atoms with van der Waals surface area (Å²) in [5, 5.41) is 4.22. The Balaban J connectivity index is 2.44. The quantitative estimate of drug-likeness (QED) is 0.897. The van der Waals surface area contributed by atoms with Gasteiger partial charge in [-0.25, -0.2) is 9.97 Å². The molecule has 1 N–H and O–H groups in total. The molecule has 1 aromatic carbocycles. The maximum Gasteiger partial charge on any atom is 0.223 e. The monoisotopic (exact) mass is 295 g/mol. The first-order valence-electron chi connectivity index (χ1n) is 6.15. The number of aromatic nitrogens is 2. The Morgan fingerprint density at radius 2 is 2.00 bits per heavy atom. The van der Waals surface area contributed by atoms with Crippen LogP contribution in [0.5, 0.6) is 0 Å². The van der Waals surface area contributed by atoms with Gasteiger partial charge in [0.15, 0.2) is 0 Å². The van der Waals surface area contributed by atoms with Crippen LogP contribution in [-0.2, 0) is 0 Å². The second-order valence-corrected chi connectivity index (χ2v) is 5.03. The average Bonchev–Trinajstić information content (AvgIpc) is 2.39. The van der Waals surface area contributed by atoms with Crippen molar-refractivity contribution in [3.05, 3.63) is 40.0 Å². The van der Waals surface area contributed by atoms with Crippen LogP contribution in [-0.4, -0.2) is 16.5 Å². The molecule has 0 aliphatic heterocycles. The van der Waals surface area contributed by atoms with Gasteiger partial charge in [-0.2, -0.15) is 0 Å². The first-order valence-corrected chi connectivity index (χ1v) is 6.91. The lowest BCUT2D eigenvalue weighted by molar-refractivity contribution is 0.947. The molecule has 2 rings (SSSR count). The maximum atomic E-state index is 6.22. The highest BCUT2D eigenvalue weighted by molar-refractivity contribution is 6.43. The molecule has 0 radical (unpaired) electrons. The van der Waals surface area contributed by atoms with Crippen molar-refractivity contribution >= 4 is 29.2 Å². The van der Waals surface area contributed by atoms with Crippen molar-refractivity contribution in [1.29, 1.82) is 0 Å². The fourth-order valence-corrected chi connectivity index (χ4v) is 2.12. The highest BCUT2D eigenvalue weighted by atomic mass is 35.5. The van der Waals surface area contributed by atoms with Crippen LogP contribution < -0.4 is 5.32 Å². The van der Waals surface area contributed by atoms with Crippen molar-refractivity contribution in [2.24, 2.45) is 0 Å². The van der Waals surface area contributed by atoms with E-state index in [0.717, 1.165) is 29.9 Å². The molecule has 0 saturated heterocycles. The molecule has 2 aromatic rings. The molecule has 0 aliphatic rings. The molecule has 19 heavy (non-hydrogen) atoms. The predicted octanol–water partition coefficient (Wildman–Crippen LogP) is 4.58. The predicted molar refractivity (Wildman–Crippen MR) is 81.0 cm³/mol. The summed E-state index contributed by atoms with van der Waals surface area (Å²) >= 11 is 12.3. The van der Waals surface area contributed by atoms with Crippen LogP contribution in [0.1, 0.15) is 19.0 Å². The number of hydrogen-bond acceptors (Lipinski definition) is 3. The van der Waals surface area contributed by atoms with Gasteiger partial charge in [0, 0.05) is 17.8 Å². The summed E-state index contributed by atoms with van der Waals surface area (Å²) in [7, 11) is 0. The topological polar surface area (TPSA) is 37.8 Å². The molecule has 100 valence electrons. The Morgan fingerprint density at radius 1 is 1.21 bits per heavy atom. The number of anilines is 1. The van der Waals surface area contributed by atoms with E-state index in [1.165, 1.54) is 0 Å². The van der Waals surface area contributed by atoms with Gasteiger partial charge in [0.05, 0.1) is 15.7 Å². The SMILES string of the molecule is CCCNc1nc(C)cc(-c2cccc(Cl)c2Cl)n1. The molecule has 0 bridgehead atoms. The van der Waals surface area contributed by atoms with Crippen LogP contribution in [0.2, 0.25) is 10.0 Å². The minimum atomic E-state index is 0.517. The second-order valence-electron chi connectivity index (χ2n) is 4.25. The zero-order chi connectivity index (χ0) is 13.8. The Morgan fingerprint density at radius 3 is 2.74 bits per heavy atom. The minimum Gasteiger partial charge on any atom is -0.354 e. The summed E-state index contributed by atoms with van der Waals surface area (Å²) in [6.07, 6.45) is 1.02. The normalized spacial score (nSPS) is 10.5. The summed E-state index contributed by atoms with van der Waals surface area (Å²) < 4.78 is 0. The van der Waals surface area contributed by atoms with Crippen LogP contribution in [0.15, 0.2) is 24.3 Å². The fraction of sp³-hybridized carbons (Fsp3) is 0.286. The first kappa shape index (κ1) is 14.1. The lowest BCUT2D eigenvalue weighted by Crippen LogP contribution is -2.05. The summed E-state index contributed by atoms with van der Waals surface area (Å²) in [4.78, 5) is 8.83. The van der Waals surface area contributed by atoms with Gasteiger partial charge >= 0.3 is 0 Å². The third-order valence-corrected chi connectivity index (χ3v) is 3.43. The minimum absolute atomic E-state index is 0.517. The molecule has 0 spiro atoms. The van der Waals surface area contributed by atoms with E-state index in [4.69, 9.17) is 23.2 Å². The van der Waals surface area contributed by atoms with E-state index in [1.54, 1.807) is 6.07 Å². The summed E-state index contributed by atoms with van der Waals surface area (Å²) in [5.74, 6) is 0.618. The molecular formula is C14H15Cl2N3. The number of aryl methyl sites for hydroxylation is 1. The second kappa shape index (κ2) is 6.22. The van der Waals surface area contributed by atoms with Crippen LogP contribution >= 0.6 is 23.2 Å². The number of nitrogens with zero attached hydrogens (tertiary/aromatic N) is 2. The Hall–Kier alpha value is -1.32. The van der Waals surface area contributed by atoms with Crippen molar-refractivity contribution in [3.63, 3.8) is 0 Å². The average molecular weight is 296 g/mol. The first-order chi connectivity index (χ1) is 9.11. The molecule has 1 aromatic heterocycles. The molecule has 0 fully saturated rings. The molecular weight excluding hydrogens is 281 g/mol.